The largest absolute Gasteiger partial charge is 0.406 e. The molecule has 1 aromatic carbocycles. The normalized spacial score (nSPS) is 12.5. The number of nitrogens with zero attached hydrogens (tertiary/aromatic N) is 1. The molecular weight excluding hydrogens is 253 g/mol. The lowest BCUT2D eigenvalue weighted by atomic mass is 10.1. The number of fused-ring (bicyclic) bond motifs is 1. The Labute approximate surface area is 110 Å². The van der Waals surface area contributed by atoms with Crippen LogP contribution in [0.15, 0.2) is 30.5 Å². The zero-order chi connectivity index (χ0) is 14.0. The first kappa shape index (κ1) is 13.9. The number of rotatable bonds is 4. The topological polar surface area (TPSA) is 17.0 Å². The van der Waals surface area contributed by atoms with Gasteiger partial charge in [0.15, 0.2) is 0 Å². The van der Waals surface area contributed by atoms with Crippen molar-refractivity contribution in [3.63, 3.8) is 0 Å². The minimum Gasteiger partial charge on any atom is -0.338 e. The Bertz CT molecular complexity index is 555. The molecule has 2 rings (SSSR count). The van der Waals surface area contributed by atoms with E-state index < -0.39 is 12.7 Å². The molecule has 0 saturated carbocycles. The fraction of sp³-hybridized carbons (Fsp3) is 0.429. The molecule has 0 radical (unpaired) electrons. The van der Waals surface area contributed by atoms with Crippen molar-refractivity contribution in [2.75, 3.05) is 0 Å². The molecule has 1 N–H and O–H groups in total. The van der Waals surface area contributed by atoms with Crippen LogP contribution in [-0.4, -0.2) is 16.8 Å². The monoisotopic (exact) mass is 270 g/mol. The highest BCUT2D eigenvalue weighted by atomic mass is 19.4. The van der Waals surface area contributed by atoms with Crippen LogP contribution < -0.4 is 5.32 Å². The van der Waals surface area contributed by atoms with E-state index in [2.05, 4.69) is 5.32 Å². The zero-order valence-electron chi connectivity index (χ0n) is 11.0. The quantitative estimate of drug-likeness (QED) is 0.896. The molecule has 0 saturated heterocycles. The van der Waals surface area contributed by atoms with Crippen molar-refractivity contribution in [1.29, 1.82) is 0 Å². The summed E-state index contributed by atoms with van der Waals surface area (Å²) in [6.45, 7) is 3.78. The summed E-state index contributed by atoms with van der Waals surface area (Å²) in [7, 11) is 0. The maximum Gasteiger partial charge on any atom is 0.406 e. The molecule has 0 aliphatic carbocycles. The van der Waals surface area contributed by atoms with E-state index >= 15 is 0 Å². The van der Waals surface area contributed by atoms with Crippen molar-refractivity contribution >= 4 is 10.9 Å². The van der Waals surface area contributed by atoms with Crippen LogP contribution in [0.5, 0.6) is 0 Å². The third-order valence-electron chi connectivity index (χ3n) is 2.90. The van der Waals surface area contributed by atoms with Gasteiger partial charge in [-0.25, -0.2) is 0 Å². The average molecular weight is 270 g/mol. The Morgan fingerprint density at radius 2 is 1.95 bits per heavy atom. The second kappa shape index (κ2) is 5.25. The first-order valence-electron chi connectivity index (χ1n) is 6.23. The van der Waals surface area contributed by atoms with E-state index in [0.29, 0.717) is 18.1 Å². The summed E-state index contributed by atoms with van der Waals surface area (Å²) in [6.07, 6.45) is -2.71. The van der Waals surface area contributed by atoms with Gasteiger partial charge in [-0.05, 0) is 23.1 Å². The molecule has 0 aliphatic rings. The SMILES string of the molecule is CC(C)NCc1ccc2ccn(CC(F)(F)F)c2c1. The van der Waals surface area contributed by atoms with Crippen LogP contribution in [0.1, 0.15) is 19.4 Å². The first-order valence-corrected chi connectivity index (χ1v) is 6.23. The van der Waals surface area contributed by atoms with Crippen LogP contribution in [0.3, 0.4) is 0 Å². The third kappa shape index (κ3) is 3.73. The minimum absolute atomic E-state index is 0.345. The molecule has 1 heterocycles. The molecule has 0 aliphatic heterocycles. The van der Waals surface area contributed by atoms with Crippen LogP contribution >= 0.6 is 0 Å². The van der Waals surface area contributed by atoms with Crippen molar-refractivity contribution < 1.29 is 13.2 Å². The van der Waals surface area contributed by atoms with Gasteiger partial charge >= 0.3 is 6.18 Å². The Balaban J connectivity index is 2.27. The molecule has 0 fully saturated rings. The summed E-state index contributed by atoms with van der Waals surface area (Å²) in [5.41, 5.74) is 1.61. The molecule has 0 atom stereocenters. The lowest BCUT2D eigenvalue weighted by Crippen LogP contribution is -2.21. The van der Waals surface area contributed by atoms with Crippen LogP contribution in [0.2, 0.25) is 0 Å². The van der Waals surface area contributed by atoms with Crippen LogP contribution in [-0.2, 0) is 13.1 Å². The smallest absolute Gasteiger partial charge is 0.338 e. The number of alkyl halides is 3. The Morgan fingerprint density at radius 1 is 1.21 bits per heavy atom. The molecule has 19 heavy (non-hydrogen) atoms. The number of halogens is 3. The molecular formula is C14H17F3N2. The van der Waals surface area contributed by atoms with Gasteiger partial charge in [0.1, 0.15) is 6.54 Å². The third-order valence-corrected chi connectivity index (χ3v) is 2.90. The molecule has 0 unspecified atom stereocenters. The number of aromatic nitrogens is 1. The lowest BCUT2D eigenvalue weighted by molar-refractivity contribution is -0.139. The molecule has 5 heteroatoms. The number of nitrogens with one attached hydrogen (secondary N) is 1. The van der Waals surface area contributed by atoms with Gasteiger partial charge in [0, 0.05) is 24.3 Å². The van der Waals surface area contributed by atoms with Gasteiger partial charge < -0.3 is 9.88 Å². The number of hydrogen-bond acceptors (Lipinski definition) is 1. The Morgan fingerprint density at radius 3 is 2.58 bits per heavy atom. The molecule has 0 amide bonds. The van der Waals surface area contributed by atoms with E-state index in [1.54, 1.807) is 6.07 Å². The second-order valence-electron chi connectivity index (χ2n) is 4.99. The van der Waals surface area contributed by atoms with Crippen molar-refractivity contribution in [1.82, 2.24) is 9.88 Å². The summed E-state index contributed by atoms with van der Waals surface area (Å²) >= 11 is 0. The predicted octanol–water partition coefficient (Wildman–Crippen LogP) is 3.70. The van der Waals surface area contributed by atoms with Gasteiger partial charge in [-0.15, -0.1) is 0 Å². The van der Waals surface area contributed by atoms with E-state index in [9.17, 15) is 13.2 Å². The van der Waals surface area contributed by atoms with Gasteiger partial charge in [-0.2, -0.15) is 13.2 Å². The molecule has 2 aromatic rings. The highest BCUT2D eigenvalue weighted by molar-refractivity contribution is 5.80. The highest BCUT2D eigenvalue weighted by Crippen LogP contribution is 2.23. The Kier molecular flexibility index (Phi) is 3.85. The summed E-state index contributed by atoms with van der Waals surface area (Å²) in [4.78, 5) is 0. The fourth-order valence-corrected chi connectivity index (χ4v) is 1.99. The van der Waals surface area contributed by atoms with Gasteiger partial charge in [0.05, 0.1) is 0 Å². The van der Waals surface area contributed by atoms with E-state index in [-0.39, 0.29) is 0 Å². The second-order valence-corrected chi connectivity index (χ2v) is 4.99. The molecule has 104 valence electrons. The highest BCUT2D eigenvalue weighted by Gasteiger charge is 2.28. The lowest BCUT2D eigenvalue weighted by Gasteiger charge is -2.11. The van der Waals surface area contributed by atoms with Crippen LogP contribution in [0.4, 0.5) is 13.2 Å². The van der Waals surface area contributed by atoms with Gasteiger partial charge in [-0.1, -0.05) is 26.0 Å². The maximum atomic E-state index is 12.5. The predicted molar refractivity (Wildman–Crippen MR) is 70.0 cm³/mol. The van der Waals surface area contributed by atoms with Crippen LogP contribution in [0.25, 0.3) is 10.9 Å². The van der Waals surface area contributed by atoms with E-state index in [1.165, 1.54) is 10.8 Å². The van der Waals surface area contributed by atoms with E-state index in [0.717, 1.165) is 10.9 Å². The molecule has 2 nitrogen and oxygen atoms in total. The van der Waals surface area contributed by atoms with Crippen molar-refractivity contribution in [3.05, 3.63) is 36.0 Å². The van der Waals surface area contributed by atoms with Gasteiger partial charge in [-0.3, -0.25) is 0 Å². The van der Waals surface area contributed by atoms with Gasteiger partial charge in [0.2, 0.25) is 0 Å². The summed E-state index contributed by atoms with van der Waals surface area (Å²) in [5.74, 6) is 0. The zero-order valence-corrected chi connectivity index (χ0v) is 11.0. The van der Waals surface area contributed by atoms with Gasteiger partial charge in [0.25, 0.3) is 0 Å². The maximum absolute atomic E-state index is 12.5. The average Bonchev–Trinajstić information content (AvgIpc) is 2.67. The summed E-state index contributed by atoms with van der Waals surface area (Å²) < 4.78 is 38.6. The van der Waals surface area contributed by atoms with Crippen LogP contribution in [0, 0.1) is 0 Å². The van der Waals surface area contributed by atoms with E-state index in [4.69, 9.17) is 0 Å². The fourth-order valence-electron chi connectivity index (χ4n) is 1.99. The van der Waals surface area contributed by atoms with Crippen molar-refractivity contribution in [3.8, 4) is 0 Å². The number of benzene rings is 1. The van der Waals surface area contributed by atoms with E-state index in [1.807, 2.05) is 32.0 Å². The molecule has 0 spiro atoms. The first-order chi connectivity index (χ1) is 8.85. The molecule has 1 aromatic heterocycles. The summed E-state index contributed by atoms with van der Waals surface area (Å²) in [6, 6.07) is 7.67. The molecule has 0 bridgehead atoms. The van der Waals surface area contributed by atoms with Crippen molar-refractivity contribution in [2.24, 2.45) is 0 Å². The number of hydrogen-bond donors (Lipinski definition) is 1. The summed E-state index contributed by atoms with van der Waals surface area (Å²) in [5, 5.41) is 4.09. The Hall–Kier alpha value is -1.49. The van der Waals surface area contributed by atoms with Crippen molar-refractivity contribution in [2.45, 2.75) is 39.2 Å². The standard InChI is InChI=1S/C14H17F3N2/c1-10(2)18-8-11-3-4-12-5-6-19(13(12)7-11)9-14(15,16)17/h3-7,10,18H,8-9H2,1-2H3. The minimum atomic E-state index is -4.20.